The van der Waals surface area contributed by atoms with Gasteiger partial charge in [-0.1, -0.05) is 23.7 Å². The standard InChI is InChI=1S/C22H14ClNO4/c1-13-20(14-4-6-16(23)7-5-14)21(25)18-9-8-17(11-19(18)27-13)28-22(26)15-3-2-10-24-12-15/h2-12H,1H3. The third kappa shape index (κ3) is 3.40. The monoisotopic (exact) mass is 391 g/mol. The van der Waals surface area contributed by atoms with Crippen molar-refractivity contribution in [3.8, 4) is 16.9 Å². The molecule has 138 valence electrons. The number of halogens is 1. The van der Waals surface area contributed by atoms with Crippen LogP contribution >= 0.6 is 11.6 Å². The molecule has 0 bridgehead atoms. The second-order valence-electron chi connectivity index (χ2n) is 6.16. The number of rotatable bonds is 3. The van der Waals surface area contributed by atoms with Gasteiger partial charge < -0.3 is 9.15 Å². The van der Waals surface area contributed by atoms with E-state index in [1.165, 1.54) is 12.3 Å². The number of fused-ring (bicyclic) bond motifs is 1. The maximum absolute atomic E-state index is 13.0. The van der Waals surface area contributed by atoms with E-state index in [1.807, 2.05) is 0 Å². The third-order valence-corrected chi connectivity index (χ3v) is 4.53. The van der Waals surface area contributed by atoms with E-state index in [-0.39, 0.29) is 11.2 Å². The summed E-state index contributed by atoms with van der Waals surface area (Å²) in [6.45, 7) is 1.72. The number of nitrogens with zero attached hydrogens (tertiary/aromatic N) is 1. The van der Waals surface area contributed by atoms with E-state index in [0.717, 1.165) is 5.56 Å². The number of hydrogen-bond donors (Lipinski definition) is 0. The zero-order chi connectivity index (χ0) is 19.7. The molecule has 2 aromatic heterocycles. The minimum Gasteiger partial charge on any atom is -0.460 e. The van der Waals surface area contributed by atoms with Crippen LogP contribution < -0.4 is 10.2 Å². The van der Waals surface area contributed by atoms with Crippen molar-refractivity contribution < 1.29 is 13.9 Å². The van der Waals surface area contributed by atoms with Crippen LogP contribution in [0.25, 0.3) is 22.1 Å². The fraction of sp³-hybridized carbons (Fsp3) is 0.0455. The van der Waals surface area contributed by atoms with Gasteiger partial charge in [0, 0.05) is 23.5 Å². The predicted molar refractivity (Wildman–Crippen MR) is 107 cm³/mol. The molecule has 28 heavy (non-hydrogen) atoms. The van der Waals surface area contributed by atoms with E-state index < -0.39 is 5.97 Å². The Kier molecular flexibility index (Phi) is 4.67. The fourth-order valence-electron chi connectivity index (χ4n) is 2.95. The number of carbonyl (C=O) groups excluding carboxylic acids is 1. The first-order chi connectivity index (χ1) is 13.5. The first-order valence-corrected chi connectivity index (χ1v) is 8.86. The van der Waals surface area contributed by atoms with E-state index in [1.54, 1.807) is 61.7 Å². The summed E-state index contributed by atoms with van der Waals surface area (Å²) in [6, 6.07) is 14.9. The van der Waals surface area contributed by atoms with Crippen molar-refractivity contribution in [1.82, 2.24) is 4.98 Å². The summed E-state index contributed by atoms with van der Waals surface area (Å²) in [4.78, 5) is 29.1. The topological polar surface area (TPSA) is 69.4 Å². The van der Waals surface area contributed by atoms with E-state index >= 15 is 0 Å². The van der Waals surface area contributed by atoms with Gasteiger partial charge in [0.25, 0.3) is 0 Å². The zero-order valence-electron chi connectivity index (χ0n) is 14.8. The Labute approximate surface area is 165 Å². The average Bonchev–Trinajstić information content (AvgIpc) is 2.70. The largest absolute Gasteiger partial charge is 0.460 e. The molecule has 0 N–H and O–H groups in total. The van der Waals surface area contributed by atoms with Crippen molar-refractivity contribution in [2.75, 3.05) is 0 Å². The van der Waals surface area contributed by atoms with Gasteiger partial charge in [-0.2, -0.15) is 0 Å². The number of ether oxygens (including phenoxy) is 1. The SMILES string of the molecule is Cc1oc2cc(OC(=O)c3cccnc3)ccc2c(=O)c1-c1ccc(Cl)cc1. The lowest BCUT2D eigenvalue weighted by molar-refractivity contribution is 0.0734. The van der Waals surface area contributed by atoms with Crippen molar-refractivity contribution >= 4 is 28.5 Å². The second kappa shape index (κ2) is 7.29. The molecule has 0 saturated carbocycles. The quantitative estimate of drug-likeness (QED) is 0.361. The molecule has 6 heteroatoms. The molecule has 5 nitrogen and oxygen atoms in total. The highest BCUT2D eigenvalue weighted by Gasteiger charge is 2.15. The van der Waals surface area contributed by atoms with E-state index in [9.17, 15) is 9.59 Å². The van der Waals surface area contributed by atoms with Crippen LogP contribution in [0.2, 0.25) is 5.02 Å². The molecule has 4 aromatic rings. The number of aryl methyl sites for hydroxylation is 1. The summed E-state index contributed by atoms with van der Waals surface area (Å²) in [7, 11) is 0. The molecular formula is C22H14ClNO4. The molecule has 0 fully saturated rings. The summed E-state index contributed by atoms with van der Waals surface area (Å²) >= 11 is 5.93. The highest BCUT2D eigenvalue weighted by Crippen LogP contribution is 2.27. The summed E-state index contributed by atoms with van der Waals surface area (Å²) in [5.41, 5.74) is 1.72. The second-order valence-corrected chi connectivity index (χ2v) is 6.59. The number of benzene rings is 2. The predicted octanol–water partition coefficient (Wildman–Crippen LogP) is 5.04. The van der Waals surface area contributed by atoms with E-state index in [0.29, 0.717) is 32.9 Å². The number of pyridine rings is 1. The molecule has 2 aromatic carbocycles. The van der Waals surface area contributed by atoms with Crippen molar-refractivity contribution in [2.45, 2.75) is 6.92 Å². The molecule has 0 radical (unpaired) electrons. The molecule has 0 unspecified atom stereocenters. The van der Waals surface area contributed by atoms with Gasteiger partial charge in [0.05, 0.1) is 16.5 Å². The lowest BCUT2D eigenvalue weighted by Gasteiger charge is -2.09. The van der Waals surface area contributed by atoms with Crippen LogP contribution in [-0.2, 0) is 0 Å². The molecule has 2 heterocycles. The van der Waals surface area contributed by atoms with E-state index in [2.05, 4.69) is 4.98 Å². The fourth-order valence-corrected chi connectivity index (χ4v) is 3.08. The Hall–Kier alpha value is -3.44. The molecular weight excluding hydrogens is 378 g/mol. The molecule has 0 amide bonds. The number of hydrogen-bond acceptors (Lipinski definition) is 5. The Morgan fingerprint density at radius 2 is 1.89 bits per heavy atom. The highest BCUT2D eigenvalue weighted by molar-refractivity contribution is 6.30. The third-order valence-electron chi connectivity index (χ3n) is 4.28. The smallest absolute Gasteiger partial charge is 0.345 e. The van der Waals surface area contributed by atoms with Crippen LogP contribution in [-0.4, -0.2) is 11.0 Å². The zero-order valence-corrected chi connectivity index (χ0v) is 15.6. The number of aromatic nitrogens is 1. The lowest BCUT2D eigenvalue weighted by Crippen LogP contribution is -2.10. The summed E-state index contributed by atoms with van der Waals surface area (Å²) in [5.74, 6) is 0.211. The van der Waals surface area contributed by atoms with Crippen molar-refractivity contribution in [3.05, 3.63) is 93.6 Å². The molecule has 0 spiro atoms. The molecule has 0 aliphatic carbocycles. The van der Waals surface area contributed by atoms with Gasteiger partial charge in [-0.05, 0) is 48.9 Å². The lowest BCUT2D eigenvalue weighted by atomic mass is 10.0. The van der Waals surface area contributed by atoms with Crippen molar-refractivity contribution in [2.24, 2.45) is 0 Å². The van der Waals surface area contributed by atoms with Gasteiger partial charge >= 0.3 is 5.97 Å². The molecule has 0 saturated heterocycles. The molecule has 0 aliphatic rings. The highest BCUT2D eigenvalue weighted by atomic mass is 35.5. The number of carbonyl (C=O) groups is 1. The maximum atomic E-state index is 13.0. The van der Waals surface area contributed by atoms with Gasteiger partial charge in [0.1, 0.15) is 17.1 Å². The first-order valence-electron chi connectivity index (χ1n) is 8.48. The summed E-state index contributed by atoms with van der Waals surface area (Å²) in [5, 5.41) is 0.989. The summed E-state index contributed by atoms with van der Waals surface area (Å²) in [6.07, 6.45) is 2.99. The Bertz CT molecular complexity index is 1230. The number of esters is 1. The van der Waals surface area contributed by atoms with Crippen molar-refractivity contribution in [1.29, 1.82) is 0 Å². The van der Waals surface area contributed by atoms with Gasteiger partial charge in [-0.3, -0.25) is 9.78 Å². The van der Waals surface area contributed by atoms with Crippen LogP contribution in [0.3, 0.4) is 0 Å². The molecule has 4 rings (SSSR count). The van der Waals surface area contributed by atoms with Gasteiger partial charge in [0.15, 0.2) is 0 Å². The summed E-state index contributed by atoms with van der Waals surface area (Å²) < 4.78 is 11.2. The Morgan fingerprint density at radius 1 is 1.11 bits per heavy atom. The first kappa shape index (κ1) is 17.9. The van der Waals surface area contributed by atoms with Crippen LogP contribution in [0.4, 0.5) is 0 Å². The van der Waals surface area contributed by atoms with Crippen LogP contribution in [0, 0.1) is 6.92 Å². The van der Waals surface area contributed by atoms with Crippen LogP contribution in [0.1, 0.15) is 16.1 Å². The Balaban J connectivity index is 1.73. The van der Waals surface area contributed by atoms with Gasteiger partial charge in [-0.25, -0.2) is 4.79 Å². The average molecular weight is 392 g/mol. The Morgan fingerprint density at radius 3 is 2.61 bits per heavy atom. The van der Waals surface area contributed by atoms with Gasteiger partial charge in [-0.15, -0.1) is 0 Å². The van der Waals surface area contributed by atoms with Crippen LogP contribution in [0.5, 0.6) is 5.75 Å². The molecule has 0 aliphatic heterocycles. The van der Waals surface area contributed by atoms with Crippen LogP contribution in [0.15, 0.2) is 76.2 Å². The van der Waals surface area contributed by atoms with Crippen molar-refractivity contribution in [3.63, 3.8) is 0 Å². The normalized spacial score (nSPS) is 10.8. The van der Waals surface area contributed by atoms with Gasteiger partial charge in [0.2, 0.25) is 5.43 Å². The maximum Gasteiger partial charge on any atom is 0.345 e. The van der Waals surface area contributed by atoms with E-state index in [4.69, 9.17) is 20.8 Å². The minimum absolute atomic E-state index is 0.161. The molecule has 0 atom stereocenters. The minimum atomic E-state index is -0.538.